The lowest BCUT2D eigenvalue weighted by Gasteiger charge is -1.96. The molecule has 1 heterocycles. The molecule has 0 aliphatic heterocycles. The minimum absolute atomic E-state index is 0.105. The van der Waals surface area contributed by atoms with Crippen molar-refractivity contribution in [2.75, 3.05) is 0 Å². The first-order chi connectivity index (χ1) is 6.24. The summed E-state index contributed by atoms with van der Waals surface area (Å²) in [5.41, 5.74) is 0.339. The number of fused-ring (bicyclic) bond motifs is 1. The third kappa shape index (κ3) is 1.28. The molecule has 1 aromatic heterocycles. The number of nitriles is 1. The Morgan fingerprint density at radius 2 is 2.23 bits per heavy atom. The Hall–Kier alpha value is -0.800. The largest absolute Gasteiger partial charge is 0.505 e. The van der Waals surface area contributed by atoms with Crippen molar-refractivity contribution in [1.82, 2.24) is 0 Å². The Kier molecular flexibility index (Phi) is 2.14. The van der Waals surface area contributed by atoms with Gasteiger partial charge in [-0.05, 0) is 28.7 Å². The summed E-state index contributed by atoms with van der Waals surface area (Å²) in [5.74, 6) is 0.105. The van der Waals surface area contributed by atoms with Crippen LogP contribution in [-0.2, 0) is 0 Å². The van der Waals surface area contributed by atoms with Gasteiger partial charge in [0, 0.05) is 14.3 Å². The monoisotopic (exact) mass is 301 g/mol. The maximum absolute atomic E-state index is 9.65. The molecule has 0 atom stereocenters. The lowest BCUT2D eigenvalue weighted by Crippen LogP contribution is -1.76. The van der Waals surface area contributed by atoms with E-state index in [4.69, 9.17) is 5.26 Å². The van der Waals surface area contributed by atoms with E-state index in [1.54, 1.807) is 6.07 Å². The molecule has 0 aliphatic carbocycles. The average molecular weight is 301 g/mol. The Labute approximate surface area is 92.6 Å². The number of thiophene rings is 1. The highest BCUT2D eigenvalue weighted by Gasteiger charge is 2.09. The molecule has 0 spiro atoms. The van der Waals surface area contributed by atoms with Crippen LogP contribution in [0, 0.1) is 14.9 Å². The van der Waals surface area contributed by atoms with E-state index >= 15 is 0 Å². The highest BCUT2D eigenvalue weighted by atomic mass is 127. The van der Waals surface area contributed by atoms with E-state index in [0.717, 1.165) is 13.7 Å². The molecular weight excluding hydrogens is 297 g/mol. The second kappa shape index (κ2) is 3.16. The summed E-state index contributed by atoms with van der Waals surface area (Å²) in [4.78, 5) is 0. The molecule has 1 aromatic carbocycles. The maximum Gasteiger partial charge on any atom is 0.151 e. The summed E-state index contributed by atoms with van der Waals surface area (Å²) in [7, 11) is 0. The van der Waals surface area contributed by atoms with E-state index in [0.29, 0.717) is 5.56 Å². The van der Waals surface area contributed by atoms with Crippen LogP contribution >= 0.6 is 33.9 Å². The predicted molar refractivity (Wildman–Crippen MR) is 60.9 cm³/mol. The van der Waals surface area contributed by atoms with E-state index in [2.05, 4.69) is 22.6 Å². The number of phenolic OH excluding ortho intramolecular Hbond substituents is 1. The normalized spacial score (nSPS) is 10.2. The van der Waals surface area contributed by atoms with Crippen LogP contribution in [0.4, 0.5) is 0 Å². The predicted octanol–water partition coefficient (Wildman–Crippen LogP) is 3.08. The van der Waals surface area contributed by atoms with Crippen molar-refractivity contribution in [1.29, 1.82) is 5.26 Å². The molecule has 0 amide bonds. The van der Waals surface area contributed by atoms with Crippen molar-refractivity contribution in [2.45, 2.75) is 0 Å². The van der Waals surface area contributed by atoms with E-state index in [9.17, 15) is 5.11 Å². The van der Waals surface area contributed by atoms with Gasteiger partial charge in [0.2, 0.25) is 0 Å². The molecular formula is C9H4INOS. The molecule has 1 N–H and O–H groups in total. The molecule has 2 rings (SSSR count). The minimum Gasteiger partial charge on any atom is -0.505 e. The number of benzene rings is 1. The minimum atomic E-state index is 0.105. The van der Waals surface area contributed by atoms with Gasteiger partial charge in [0.25, 0.3) is 0 Å². The fraction of sp³-hybridized carbons (Fsp3) is 0. The number of phenols is 1. The zero-order valence-electron chi connectivity index (χ0n) is 6.41. The highest BCUT2D eigenvalue weighted by Crippen LogP contribution is 2.35. The van der Waals surface area contributed by atoms with Crippen molar-refractivity contribution >= 4 is 44.0 Å². The van der Waals surface area contributed by atoms with Crippen LogP contribution in [0.15, 0.2) is 17.5 Å². The SMILES string of the molecule is N#Cc1ccc2c(I)csc2c1O. The van der Waals surface area contributed by atoms with Gasteiger partial charge in [-0.15, -0.1) is 11.3 Å². The van der Waals surface area contributed by atoms with Crippen molar-refractivity contribution < 1.29 is 5.11 Å². The van der Waals surface area contributed by atoms with Crippen molar-refractivity contribution in [3.8, 4) is 11.8 Å². The Morgan fingerprint density at radius 3 is 2.92 bits per heavy atom. The molecule has 0 unspecified atom stereocenters. The second-order valence-electron chi connectivity index (χ2n) is 2.53. The molecule has 0 bridgehead atoms. The van der Waals surface area contributed by atoms with Crippen LogP contribution in [0.1, 0.15) is 5.56 Å². The summed E-state index contributed by atoms with van der Waals surface area (Å²) in [6.45, 7) is 0. The molecule has 0 saturated carbocycles. The Morgan fingerprint density at radius 1 is 1.46 bits per heavy atom. The van der Waals surface area contributed by atoms with Gasteiger partial charge in [0.05, 0.1) is 10.3 Å². The van der Waals surface area contributed by atoms with Crippen LogP contribution in [0.3, 0.4) is 0 Å². The molecule has 2 aromatic rings. The smallest absolute Gasteiger partial charge is 0.151 e. The van der Waals surface area contributed by atoms with Crippen LogP contribution < -0.4 is 0 Å². The van der Waals surface area contributed by atoms with Crippen molar-refractivity contribution in [2.24, 2.45) is 0 Å². The topological polar surface area (TPSA) is 44.0 Å². The molecule has 64 valence electrons. The van der Waals surface area contributed by atoms with Gasteiger partial charge in [0.1, 0.15) is 6.07 Å². The number of hydrogen-bond acceptors (Lipinski definition) is 3. The van der Waals surface area contributed by atoms with E-state index in [1.165, 1.54) is 11.3 Å². The van der Waals surface area contributed by atoms with Gasteiger partial charge >= 0.3 is 0 Å². The molecule has 4 heteroatoms. The number of rotatable bonds is 0. The molecule has 13 heavy (non-hydrogen) atoms. The first-order valence-electron chi connectivity index (χ1n) is 3.53. The number of hydrogen-bond donors (Lipinski definition) is 1. The summed E-state index contributed by atoms with van der Waals surface area (Å²) in [6.07, 6.45) is 0. The van der Waals surface area contributed by atoms with Gasteiger partial charge in [0.15, 0.2) is 5.75 Å². The summed E-state index contributed by atoms with van der Waals surface area (Å²) in [6, 6.07) is 5.46. The average Bonchev–Trinajstić information content (AvgIpc) is 2.50. The van der Waals surface area contributed by atoms with Crippen LogP contribution in [0.25, 0.3) is 10.1 Å². The van der Waals surface area contributed by atoms with Crippen LogP contribution in [0.5, 0.6) is 5.75 Å². The van der Waals surface area contributed by atoms with Crippen LogP contribution in [0.2, 0.25) is 0 Å². The second-order valence-corrected chi connectivity index (χ2v) is 4.58. The fourth-order valence-corrected chi connectivity index (χ4v) is 3.03. The third-order valence-electron chi connectivity index (χ3n) is 1.79. The van der Waals surface area contributed by atoms with E-state index in [1.807, 2.05) is 17.5 Å². The fourth-order valence-electron chi connectivity index (χ4n) is 1.14. The highest BCUT2D eigenvalue weighted by molar-refractivity contribution is 14.1. The number of halogens is 1. The quantitative estimate of drug-likeness (QED) is 0.760. The third-order valence-corrected chi connectivity index (χ3v) is 4.11. The van der Waals surface area contributed by atoms with Crippen molar-refractivity contribution in [3.63, 3.8) is 0 Å². The molecule has 2 nitrogen and oxygen atoms in total. The van der Waals surface area contributed by atoms with Gasteiger partial charge in [-0.25, -0.2) is 0 Å². The molecule has 0 radical (unpaired) electrons. The molecule has 0 aliphatic rings. The maximum atomic E-state index is 9.65. The lowest BCUT2D eigenvalue weighted by molar-refractivity contribution is 0.481. The molecule has 0 fully saturated rings. The van der Waals surface area contributed by atoms with Crippen molar-refractivity contribution in [3.05, 3.63) is 26.6 Å². The first kappa shape index (κ1) is 8.78. The number of aromatic hydroxyl groups is 1. The summed E-state index contributed by atoms with van der Waals surface area (Å²) >= 11 is 3.67. The first-order valence-corrected chi connectivity index (χ1v) is 5.48. The standard InChI is InChI=1S/C9H4INOS/c10-7-4-13-9-6(7)2-1-5(3-11)8(9)12/h1-2,4,12H. The summed E-state index contributed by atoms with van der Waals surface area (Å²) < 4.78 is 1.90. The number of nitrogens with zero attached hydrogens (tertiary/aromatic N) is 1. The van der Waals surface area contributed by atoms with Gasteiger partial charge < -0.3 is 5.11 Å². The lowest BCUT2D eigenvalue weighted by atomic mass is 10.2. The van der Waals surface area contributed by atoms with Crippen LogP contribution in [-0.4, -0.2) is 5.11 Å². The Balaban J connectivity index is 2.90. The molecule has 0 saturated heterocycles. The zero-order valence-corrected chi connectivity index (χ0v) is 9.39. The van der Waals surface area contributed by atoms with E-state index in [-0.39, 0.29) is 5.75 Å². The zero-order chi connectivity index (χ0) is 9.42. The van der Waals surface area contributed by atoms with E-state index < -0.39 is 0 Å². The Bertz CT molecular complexity index is 512. The van der Waals surface area contributed by atoms with Gasteiger partial charge in [-0.1, -0.05) is 6.07 Å². The van der Waals surface area contributed by atoms with Gasteiger partial charge in [-0.3, -0.25) is 0 Å². The summed E-state index contributed by atoms with van der Waals surface area (Å²) in [5, 5.41) is 21.3. The van der Waals surface area contributed by atoms with Gasteiger partial charge in [-0.2, -0.15) is 5.26 Å².